The molecule has 0 spiro atoms. The Balaban J connectivity index is 3.80. The number of nitrogens with two attached hydrogens (primary N) is 1. The Morgan fingerprint density at radius 3 is 2.25 bits per heavy atom. The van der Waals surface area contributed by atoms with Crippen LogP contribution in [0.5, 0.6) is 0 Å². The molecule has 0 fully saturated rings. The smallest absolute Gasteiger partial charge is 0.121 e. The topological polar surface area (TPSA) is 55.5 Å². The Kier molecular flexibility index (Phi) is 2.37. The van der Waals surface area contributed by atoms with Crippen molar-refractivity contribution < 1.29 is 0 Å². The number of nitrogens with zero attached hydrogens (tertiary/aromatic N) is 1. The third kappa shape index (κ3) is 2.23. The highest BCUT2D eigenvalue weighted by Gasteiger charge is 2.23. The normalized spacial score (nSPS) is 21.5. The van der Waals surface area contributed by atoms with Crippen LogP contribution in [-0.4, -0.2) is 11.0 Å². The molecule has 0 heterocycles. The van der Waals surface area contributed by atoms with Gasteiger partial charge in [0.05, 0.1) is 0 Å². The lowest BCUT2D eigenvalue weighted by Crippen LogP contribution is -2.39. The van der Waals surface area contributed by atoms with E-state index in [0.29, 0.717) is 0 Å². The molecule has 48 valence electrons. The number of nitroso groups, excluding NO2 is 1. The molecule has 0 bridgehead atoms. The fraction of sp³-hybridized carbons (Fsp3) is 1.00. The Bertz CT molecular complexity index is 88.5. The standard InChI is InChI=1S/C4H9ClN2O/c1-3(7-8)4(2,5)6/h3H,6H2,1-2H3. The summed E-state index contributed by atoms with van der Waals surface area (Å²) in [6.07, 6.45) is 0. The van der Waals surface area contributed by atoms with Crippen molar-refractivity contribution in [2.45, 2.75) is 24.9 Å². The minimum Gasteiger partial charge on any atom is -0.311 e. The largest absolute Gasteiger partial charge is 0.311 e. The molecule has 0 aromatic heterocycles. The number of alkyl halides is 1. The first kappa shape index (κ1) is 7.85. The molecule has 0 aliphatic rings. The first-order valence-corrected chi connectivity index (χ1v) is 2.66. The van der Waals surface area contributed by atoms with Crippen molar-refractivity contribution >= 4 is 11.6 Å². The van der Waals surface area contributed by atoms with Gasteiger partial charge in [0.1, 0.15) is 11.0 Å². The van der Waals surface area contributed by atoms with Gasteiger partial charge in [-0.2, -0.15) is 4.91 Å². The molecule has 3 nitrogen and oxygen atoms in total. The molecule has 0 aliphatic heterocycles. The van der Waals surface area contributed by atoms with Gasteiger partial charge in [-0.05, 0) is 13.8 Å². The maximum atomic E-state index is 9.74. The monoisotopic (exact) mass is 136 g/mol. The van der Waals surface area contributed by atoms with E-state index in [1.165, 1.54) is 0 Å². The van der Waals surface area contributed by atoms with Crippen LogP contribution in [0.1, 0.15) is 13.8 Å². The molecule has 0 aromatic rings. The van der Waals surface area contributed by atoms with E-state index in [1.54, 1.807) is 13.8 Å². The van der Waals surface area contributed by atoms with Crippen LogP contribution in [0.3, 0.4) is 0 Å². The van der Waals surface area contributed by atoms with Crippen LogP contribution in [0.2, 0.25) is 0 Å². The van der Waals surface area contributed by atoms with Crippen LogP contribution in [0.4, 0.5) is 0 Å². The Morgan fingerprint density at radius 1 is 1.88 bits per heavy atom. The molecular formula is C4H9ClN2O. The highest BCUT2D eigenvalue weighted by molar-refractivity contribution is 6.23. The fourth-order valence-corrected chi connectivity index (χ4v) is 0.143. The second kappa shape index (κ2) is 2.42. The Labute approximate surface area is 53.2 Å². The van der Waals surface area contributed by atoms with E-state index in [2.05, 4.69) is 5.18 Å². The first-order valence-electron chi connectivity index (χ1n) is 2.28. The van der Waals surface area contributed by atoms with Crippen molar-refractivity contribution in [3.8, 4) is 0 Å². The summed E-state index contributed by atoms with van der Waals surface area (Å²) >= 11 is 5.47. The molecule has 0 saturated carbocycles. The van der Waals surface area contributed by atoms with E-state index >= 15 is 0 Å². The third-order valence-electron chi connectivity index (χ3n) is 0.975. The second-order valence-corrected chi connectivity index (χ2v) is 2.75. The van der Waals surface area contributed by atoms with Gasteiger partial charge in [0.15, 0.2) is 0 Å². The number of hydrogen-bond donors (Lipinski definition) is 1. The van der Waals surface area contributed by atoms with Crippen molar-refractivity contribution in [2.24, 2.45) is 10.9 Å². The van der Waals surface area contributed by atoms with Gasteiger partial charge < -0.3 is 5.73 Å². The molecule has 2 N–H and O–H groups in total. The number of rotatable bonds is 2. The zero-order valence-corrected chi connectivity index (χ0v) is 5.64. The predicted molar refractivity (Wildman–Crippen MR) is 33.7 cm³/mol. The van der Waals surface area contributed by atoms with E-state index in [-0.39, 0.29) is 0 Å². The lowest BCUT2D eigenvalue weighted by molar-refractivity contribution is 0.542. The molecule has 0 amide bonds. The maximum absolute atomic E-state index is 9.74. The van der Waals surface area contributed by atoms with Crippen molar-refractivity contribution in [3.05, 3.63) is 4.91 Å². The molecule has 0 radical (unpaired) electrons. The molecule has 4 heteroatoms. The molecule has 2 unspecified atom stereocenters. The predicted octanol–water partition coefficient (Wildman–Crippen LogP) is 1.05. The van der Waals surface area contributed by atoms with Crippen LogP contribution < -0.4 is 5.73 Å². The second-order valence-electron chi connectivity index (χ2n) is 1.93. The van der Waals surface area contributed by atoms with Crippen molar-refractivity contribution in [1.29, 1.82) is 0 Å². The summed E-state index contributed by atoms with van der Waals surface area (Å²) in [5.41, 5.74) is 5.26. The lowest BCUT2D eigenvalue weighted by atomic mass is 10.2. The number of halogens is 1. The molecule has 8 heavy (non-hydrogen) atoms. The van der Waals surface area contributed by atoms with Crippen LogP contribution in [0, 0.1) is 4.91 Å². The molecule has 0 rings (SSSR count). The summed E-state index contributed by atoms with van der Waals surface area (Å²) in [7, 11) is 0. The average molecular weight is 137 g/mol. The molecule has 0 saturated heterocycles. The zero-order valence-electron chi connectivity index (χ0n) is 4.89. The minimum absolute atomic E-state index is 0.538. The maximum Gasteiger partial charge on any atom is 0.121 e. The van der Waals surface area contributed by atoms with Crippen molar-refractivity contribution in [1.82, 2.24) is 0 Å². The van der Waals surface area contributed by atoms with E-state index in [4.69, 9.17) is 17.3 Å². The number of hydrogen-bond acceptors (Lipinski definition) is 3. The summed E-state index contributed by atoms with van der Waals surface area (Å²) in [5, 5.41) is 2.65. The van der Waals surface area contributed by atoms with E-state index in [0.717, 1.165) is 0 Å². The van der Waals surface area contributed by atoms with Crippen LogP contribution in [-0.2, 0) is 0 Å². The summed E-state index contributed by atoms with van der Waals surface area (Å²) in [6, 6.07) is -0.538. The Hall–Kier alpha value is -0.150. The van der Waals surface area contributed by atoms with E-state index in [1.807, 2.05) is 0 Å². The zero-order chi connectivity index (χ0) is 6.78. The molecule has 0 aliphatic carbocycles. The first-order chi connectivity index (χ1) is 3.48. The van der Waals surface area contributed by atoms with Crippen LogP contribution >= 0.6 is 11.6 Å². The fourth-order valence-electron chi connectivity index (χ4n) is 0.103. The quantitative estimate of drug-likeness (QED) is 0.351. The molecule has 2 atom stereocenters. The third-order valence-corrected chi connectivity index (χ3v) is 1.29. The summed E-state index contributed by atoms with van der Waals surface area (Å²) in [5.74, 6) is 0. The van der Waals surface area contributed by atoms with Gasteiger partial charge in [-0.25, -0.2) is 0 Å². The van der Waals surface area contributed by atoms with Crippen LogP contribution in [0.25, 0.3) is 0 Å². The van der Waals surface area contributed by atoms with E-state index < -0.39 is 11.0 Å². The van der Waals surface area contributed by atoms with Gasteiger partial charge in [-0.15, -0.1) is 11.6 Å². The highest BCUT2D eigenvalue weighted by Crippen LogP contribution is 2.13. The Morgan fingerprint density at radius 2 is 2.25 bits per heavy atom. The minimum atomic E-state index is -0.998. The van der Waals surface area contributed by atoms with Gasteiger partial charge in [0.25, 0.3) is 0 Å². The summed E-state index contributed by atoms with van der Waals surface area (Å²) < 4.78 is 0. The molecular weight excluding hydrogens is 128 g/mol. The van der Waals surface area contributed by atoms with Gasteiger partial charge >= 0.3 is 0 Å². The average Bonchev–Trinajstić information content (AvgIpc) is 1.62. The lowest BCUT2D eigenvalue weighted by Gasteiger charge is -2.16. The van der Waals surface area contributed by atoms with Gasteiger partial charge in [0.2, 0.25) is 0 Å². The van der Waals surface area contributed by atoms with Crippen molar-refractivity contribution in [3.63, 3.8) is 0 Å². The SMILES string of the molecule is CC(N=O)C(C)(N)Cl. The highest BCUT2D eigenvalue weighted by atomic mass is 35.5. The van der Waals surface area contributed by atoms with Gasteiger partial charge in [0, 0.05) is 0 Å². The van der Waals surface area contributed by atoms with Gasteiger partial charge in [-0.1, -0.05) is 5.18 Å². The van der Waals surface area contributed by atoms with Crippen LogP contribution in [0.15, 0.2) is 5.18 Å². The summed E-state index contributed by atoms with van der Waals surface area (Å²) in [6.45, 7) is 3.11. The molecule has 0 aromatic carbocycles. The van der Waals surface area contributed by atoms with Gasteiger partial charge in [-0.3, -0.25) is 0 Å². The van der Waals surface area contributed by atoms with E-state index in [9.17, 15) is 4.91 Å². The summed E-state index contributed by atoms with van der Waals surface area (Å²) in [4.78, 5) is 8.74. The van der Waals surface area contributed by atoms with Crippen molar-refractivity contribution in [2.75, 3.05) is 0 Å².